The second-order valence-electron chi connectivity index (χ2n) is 6.76. The molecule has 0 aliphatic heterocycles. The molecule has 0 saturated heterocycles. The molecule has 0 aromatic heterocycles. The molecule has 0 rings (SSSR count). The summed E-state index contributed by atoms with van der Waals surface area (Å²) >= 11 is 0. The second-order valence-corrected chi connectivity index (χ2v) is 8.00. The van der Waals surface area contributed by atoms with Crippen LogP contribution in [0.4, 0.5) is 0 Å². The van der Waals surface area contributed by atoms with E-state index in [1.54, 1.807) is 0 Å². The van der Waals surface area contributed by atoms with Crippen LogP contribution in [0.2, 0.25) is 0 Å². The Bertz CT molecular complexity index is 384. The Balaban J connectivity index is 3.35. The highest BCUT2D eigenvalue weighted by Gasteiger charge is 2.17. The van der Waals surface area contributed by atoms with Crippen molar-refractivity contribution in [3.05, 3.63) is 0 Å². The lowest BCUT2D eigenvalue weighted by Gasteiger charge is -2.12. The van der Waals surface area contributed by atoms with Gasteiger partial charge < -0.3 is 19.6 Å². The van der Waals surface area contributed by atoms with Gasteiger partial charge in [0.05, 0.1) is 6.61 Å². The van der Waals surface area contributed by atoms with Crippen LogP contribution in [0.5, 0.6) is 0 Å². The Morgan fingerprint density at radius 2 is 1.31 bits per heavy atom. The van der Waals surface area contributed by atoms with Gasteiger partial charge in [-0.25, -0.2) is 4.57 Å². The van der Waals surface area contributed by atoms with Gasteiger partial charge in [-0.05, 0) is 6.42 Å². The number of unbranched alkanes of at least 4 members (excludes halogenated alkanes) is 11. The molecule has 156 valence electrons. The van der Waals surface area contributed by atoms with Crippen molar-refractivity contribution in [2.75, 3.05) is 13.2 Å². The predicted molar refractivity (Wildman–Crippen MR) is 101 cm³/mol. The smallest absolute Gasteiger partial charge is 0.463 e. The summed E-state index contributed by atoms with van der Waals surface area (Å²) in [4.78, 5) is 28.5. The lowest BCUT2D eigenvalue weighted by Crippen LogP contribution is -2.23. The Kier molecular flexibility index (Phi) is 16.4. The van der Waals surface area contributed by atoms with Crippen LogP contribution >= 0.6 is 7.82 Å². The van der Waals surface area contributed by atoms with Crippen LogP contribution in [-0.4, -0.2) is 40.2 Å². The van der Waals surface area contributed by atoms with E-state index in [9.17, 15) is 14.5 Å². The number of aliphatic hydroxyl groups is 1. The predicted octanol–water partition coefficient (Wildman–Crippen LogP) is 4.09. The summed E-state index contributed by atoms with van der Waals surface area (Å²) in [6, 6.07) is 0. The third-order valence-electron chi connectivity index (χ3n) is 4.11. The fourth-order valence-corrected chi connectivity index (χ4v) is 2.97. The molecule has 0 bridgehead atoms. The highest BCUT2D eigenvalue weighted by Crippen LogP contribution is 2.35. The van der Waals surface area contributed by atoms with E-state index in [2.05, 4.69) is 11.4 Å². The van der Waals surface area contributed by atoms with E-state index < -0.39 is 26.5 Å². The van der Waals surface area contributed by atoms with Crippen LogP contribution in [-0.2, 0) is 18.6 Å². The van der Waals surface area contributed by atoms with Crippen molar-refractivity contribution in [1.29, 1.82) is 0 Å². The molecule has 0 aliphatic carbocycles. The molecule has 0 heterocycles. The molecular weight excluding hydrogens is 359 g/mol. The minimum Gasteiger partial charge on any atom is -0.463 e. The molecule has 0 amide bonds. The number of aliphatic hydroxyl groups excluding tert-OH is 1. The van der Waals surface area contributed by atoms with E-state index in [0.717, 1.165) is 19.3 Å². The summed E-state index contributed by atoms with van der Waals surface area (Å²) in [6.07, 6.45) is 13.7. The molecule has 0 fully saturated rings. The first-order chi connectivity index (χ1) is 12.3. The summed E-state index contributed by atoms with van der Waals surface area (Å²) in [6.45, 7) is 1.33. The minimum absolute atomic E-state index is 0.295. The zero-order chi connectivity index (χ0) is 19.7. The Labute approximate surface area is 157 Å². The molecule has 0 saturated carbocycles. The van der Waals surface area contributed by atoms with Crippen LogP contribution < -0.4 is 0 Å². The van der Waals surface area contributed by atoms with Gasteiger partial charge in [0.25, 0.3) is 0 Å². The molecule has 8 heteroatoms. The summed E-state index contributed by atoms with van der Waals surface area (Å²) in [5, 5.41) is 9.39. The van der Waals surface area contributed by atoms with Crippen molar-refractivity contribution in [2.45, 2.75) is 96.5 Å². The third-order valence-corrected chi connectivity index (χ3v) is 4.59. The van der Waals surface area contributed by atoms with Gasteiger partial charge in [0.15, 0.2) is 0 Å². The Morgan fingerprint density at radius 3 is 1.77 bits per heavy atom. The summed E-state index contributed by atoms with van der Waals surface area (Å²) in [5.74, 6) is -0.410. The Morgan fingerprint density at radius 1 is 0.846 bits per heavy atom. The number of hydrogen-bond donors (Lipinski definition) is 3. The van der Waals surface area contributed by atoms with Crippen LogP contribution in [0.15, 0.2) is 0 Å². The first-order valence-corrected chi connectivity index (χ1v) is 11.4. The van der Waals surface area contributed by atoms with Crippen molar-refractivity contribution in [3.8, 4) is 0 Å². The standard InChI is InChI=1S/C18H37O7P/c1-2-3-4-5-6-7-8-9-10-11-12-13-14-18(20)24-15-17(19)16-25-26(21,22)23/h17,19H,2-16H2,1H3,(H2,21,22,23). The van der Waals surface area contributed by atoms with Crippen LogP contribution in [0.1, 0.15) is 90.4 Å². The van der Waals surface area contributed by atoms with Gasteiger partial charge in [-0.15, -0.1) is 0 Å². The molecule has 3 N–H and O–H groups in total. The maximum absolute atomic E-state index is 11.5. The minimum atomic E-state index is -4.61. The van der Waals surface area contributed by atoms with E-state index >= 15 is 0 Å². The molecule has 0 aliphatic rings. The highest BCUT2D eigenvalue weighted by molar-refractivity contribution is 7.46. The van der Waals surface area contributed by atoms with Gasteiger partial charge in [0.2, 0.25) is 0 Å². The quantitative estimate of drug-likeness (QED) is 0.182. The van der Waals surface area contributed by atoms with E-state index in [0.29, 0.717) is 6.42 Å². The fraction of sp³-hybridized carbons (Fsp3) is 0.944. The summed E-state index contributed by atoms with van der Waals surface area (Å²) < 4.78 is 19.4. The molecule has 26 heavy (non-hydrogen) atoms. The first kappa shape index (κ1) is 25.5. The number of carbonyl (C=O) groups is 1. The lowest BCUT2D eigenvalue weighted by atomic mass is 10.0. The number of esters is 1. The van der Waals surface area contributed by atoms with E-state index in [-0.39, 0.29) is 6.61 Å². The van der Waals surface area contributed by atoms with Gasteiger partial charge in [-0.1, -0.05) is 77.6 Å². The monoisotopic (exact) mass is 396 g/mol. The number of phosphoric ester groups is 1. The third kappa shape index (κ3) is 19.9. The summed E-state index contributed by atoms with van der Waals surface area (Å²) in [5.41, 5.74) is 0. The maximum atomic E-state index is 11.5. The Hall–Kier alpha value is -0.460. The zero-order valence-corrected chi connectivity index (χ0v) is 17.0. The van der Waals surface area contributed by atoms with Gasteiger partial charge >= 0.3 is 13.8 Å². The van der Waals surface area contributed by atoms with Crippen molar-refractivity contribution < 1.29 is 33.5 Å². The van der Waals surface area contributed by atoms with E-state index in [1.165, 1.54) is 57.8 Å². The van der Waals surface area contributed by atoms with Crippen molar-refractivity contribution >= 4 is 13.8 Å². The molecule has 0 spiro atoms. The topological polar surface area (TPSA) is 113 Å². The van der Waals surface area contributed by atoms with Crippen molar-refractivity contribution in [1.82, 2.24) is 0 Å². The lowest BCUT2D eigenvalue weighted by molar-refractivity contribution is -0.147. The van der Waals surface area contributed by atoms with Gasteiger partial charge in [0.1, 0.15) is 12.7 Å². The van der Waals surface area contributed by atoms with E-state index in [1.807, 2.05) is 0 Å². The molecule has 7 nitrogen and oxygen atoms in total. The summed E-state index contributed by atoms with van der Waals surface area (Å²) in [7, 11) is -4.61. The molecule has 1 unspecified atom stereocenters. The fourth-order valence-electron chi connectivity index (χ4n) is 2.60. The number of phosphoric acid groups is 1. The van der Waals surface area contributed by atoms with Crippen LogP contribution in [0.25, 0.3) is 0 Å². The molecular formula is C18H37O7P. The van der Waals surface area contributed by atoms with Crippen LogP contribution in [0, 0.1) is 0 Å². The highest BCUT2D eigenvalue weighted by atomic mass is 31.2. The molecule has 0 aromatic carbocycles. The average molecular weight is 396 g/mol. The van der Waals surface area contributed by atoms with Crippen molar-refractivity contribution in [2.24, 2.45) is 0 Å². The number of rotatable bonds is 18. The molecule has 1 atom stereocenters. The van der Waals surface area contributed by atoms with Crippen molar-refractivity contribution in [3.63, 3.8) is 0 Å². The SMILES string of the molecule is CCCCCCCCCCCCCCC(=O)OCC(O)COP(=O)(O)O. The van der Waals surface area contributed by atoms with Crippen LogP contribution in [0.3, 0.4) is 0 Å². The number of hydrogen-bond acceptors (Lipinski definition) is 5. The molecule has 0 radical (unpaired) electrons. The maximum Gasteiger partial charge on any atom is 0.469 e. The average Bonchev–Trinajstić information content (AvgIpc) is 2.58. The van der Waals surface area contributed by atoms with Gasteiger partial charge in [-0.3, -0.25) is 9.32 Å². The first-order valence-electron chi connectivity index (χ1n) is 9.89. The number of ether oxygens (including phenoxy) is 1. The largest absolute Gasteiger partial charge is 0.469 e. The van der Waals surface area contributed by atoms with Gasteiger partial charge in [0, 0.05) is 6.42 Å². The second kappa shape index (κ2) is 16.7. The van der Waals surface area contributed by atoms with E-state index in [4.69, 9.17) is 14.5 Å². The molecule has 0 aromatic rings. The zero-order valence-electron chi connectivity index (χ0n) is 16.1. The normalized spacial score (nSPS) is 12.9. The van der Waals surface area contributed by atoms with Gasteiger partial charge in [-0.2, -0.15) is 0 Å². The number of carbonyl (C=O) groups excluding carboxylic acids is 1.